The van der Waals surface area contributed by atoms with Gasteiger partial charge in [-0.15, -0.1) is 4.47 Å². The molecular weight excluding hydrogens is 512 g/mol. The summed E-state index contributed by atoms with van der Waals surface area (Å²) in [5, 5.41) is 9.81. The summed E-state index contributed by atoms with van der Waals surface area (Å²) in [6.45, 7) is 1.56. The zero-order chi connectivity index (χ0) is 26.3. The van der Waals surface area contributed by atoms with E-state index >= 15 is 4.39 Å². The van der Waals surface area contributed by atoms with Gasteiger partial charge in [-0.25, -0.2) is 8.60 Å². The molecule has 1 N–H and O–H groups in total. The van der Waals surface area contributed by atoms with Crippen molar-refractivity contribution in [1.82, 2.24) is 9.37 Å². The average Bonchev–Trinajstić information content (AvgIpc) is 3.77. The van der Waals surface area contributed by atoms with E-state index in [0.29, 0.717) is 45.3 Å². The number of hydrogen-bond donors (Lipinski definition) is 1. The minimum Gasteiger partial charge on any atom is -0.490 e. The van der Waals surface area contributed by atoms with E-state index in [-0.39, 0.29) is 33.1 Å². The van der Waals surface area contributed by atoms with Gasteiger partial charge < -0.3 is 4.74 Å². The summed E-state index contributed by atoms with van der Waals surface area (Å²) >= 11 is 0. The third-order valence-corrected chi connectivity index (χ3v) is 8.59. The first kappa shape index (κ1) is 26.1. The summed E-state index contributed by atoms with van der Waals surface area (Å²) in [7, 11) is -1.89. The third kappa shape index (κ3) is 5.99. The van der Waals surface area contributed by atoms with Gasteiger partial charge in [0.2, 0.25) is 0 Å². The van der Waals surface area contributed by atoms with E-state index in [1.165, 1.54) is 30.3 Å². The van der Waals surface area contributed by atoms with Crippen molar-refractivity contribution < 1.29 is 36.5 Å². The predicted octanol–water partition coefficient (Wildman–Crippen LogP) is 5.42. The monoisotopic (exact) mass is 540 g/mol. The topological polar surface area (TPSA) is 70.1 Å². The highest BCUT2D eigenvalue weighted by Crippen LogP contribution is 2.43. The Morgan fingerprint density at radius 1 is 1.08 bits per heavy atom. The lowest BCUT2D eigenvalue weighted by Gasteiger charge is -2.33. The number of nitrogens with zero attached hydrogens (tertiary/aromatic N) is 2. The van der Waals surface area contributed by atoms with Gasteiger partial charge in [-0.05, 0) is 79.8 Å². The summed E-state index contributed by atoms with van der Waals surface area (Å²) in [4.78, 5) is 14.8. The number of alkyl halides is 3. The van der Waals surface area contributed by atoms with Crippen LogP contribution in [0, 0.1) is 5.82 Å². The molecule has 6 nitrogen and oxygen atoms in total. The fraction of sp³-hybridized carbons (Fsp3) is 0.500. The second kappa shape index (κ2) is 10.3. The van der Waals surface area contributed by atoms with Crippen LogP contribution in [0.4, 0.5) is 17.6 Å². The summed E-state index contributed by atoms with van der Waals surface area (Å²) < 4.78 is 72.9. The molecule has 0 radical (unpaired) electrons. The number of amides is 1. The highest BCUT2D eigenvalue weighted by molar-refractivity contribution is 7.84. The van der Waals surface area contributed by atoms with Crippen LogP contribution in [0.15, 0.2) is 36.4 Å². The van der Waals surface area contributed by atoms with Crippen LogP contribution >= 0.6 is 0 Å². The summed E-state index contributed by atoms with van der Waals surface area (Å²) in [6, 6.07) is 7.97. The summed E-state index contributed by atoms with van der Waals surface area (Å²) in [5.74, 6) is -1.76. The molecule has 2 aliphatic carbocycles. The fourth-order valence-electron chi connectivity index (χ4n) is 4.71. The number of para-hydroxylation sites is 1. The quantitative estimate of drug-likeness (QED) is 0.275. The smallest absolute Gasteiger partial charge is 0.419 e. The van der Waals surface area contributed by atoms with Crippen molar-refractivity contribution in [2.75, 3.05) is 13.1 Å². The van der Waals surface area contributed by atoms with E-state index in [2.05, 4.69) is 4.90 Å². The normalized spacial score (nSPS) is 20.0. The zero-order valence-electron chi connectivity index (χ0n) is 20.0. The number of hydroxylamine groups is 1. The lowest BCUT2D eigenvalue weighted by Crippen LogP contribution is -2.38. The number of rotatable bonds is 8. The minimum atomic E-state index is -4.49. The van der Waals surface area contributed by atoms with Crippen molar-refractivity contribution in [2.24, 2.45) is 0 Å². The number of likely N-dealkylation sites (tertiary alicyclic amines) is 1. The van der Waals surface area contributed by atoms with Crippen LogP contribution in [0.25, 0.3) is 0 Å². The molecule has 0 bridgehead atoms. The van der Waals surface area contributed by atoms with Gasteiger partial charge in [0, 0.05) is 19.6 Å². The molecule has 37 heavy (non-hydrogen) atoms. The van der Waals surface area contributed by atoms with Crippen molar-refractivity contribution in [2.45, 2.75) is 68.5 Å². The number of hydrogen-bond acceptors (Lipinski definition) is 5. The molecule has 1 heterocycles. The maximum absolute atomic E-state index is 15.0. The molecule has 2 saturated carbocycles. The van der Waals surface area contributed by atoms with Gasteiger partial charge in [0.05, 0.1) is 16.4 Å². The van der Waals surface area contributed by atoms with Gasteiger partial charge in [0.25, 0.3) is 5.91 Å². The first-order valence-electron chi connectivity index (χ1n) is 12.4. The molecule has 11 heteroatoms. The van der Waals surface area contributed by atoms with Crippen molar-refractivity contribution in [3.63, 3.8) is 0 Å². The molecular formula is C26H28F4N2O4S. The average molecular weight is 541 g/mol. The Balaban J connectivity index is 1.24. The van der Waals surface area contributed by atoms with E-state index in [1.54, 1.807) is 0 Å². The van der Waals surface area contributed by atoms with Crippen LogP contribution < -0.4 is 4.74 Å². The maximum Gasteiger partial charge on any atom is 0.419 e. The van der Waals surface area contributed by atoms with Gasteiger partial charge in [-0.3, -0.25) is 14.9 Å². The number of benzene rings is 2. The minimum absolute atomic E-state index is 0.147. The van der Waals surface area contributed by atoms with Crippen LogP contribution in [-0.2, 0) is 23.7 Å². The molecule has 0 spiro atoms. The van der Waals surface area contributed by atoms with Crippen LogP contribution in [0.1, 0.15) is 71.5 Å². The second-order valence-electron chi connectivity index (χ2n) is 9.95. The molecule has 200 valence electrons. The van der Waals surface area contributed by atoms with Crippen molar-refractivity contribution in [3.05, 3.63) is 64.5 Å². The largest absolute Gasteiger partial charge is 0.490 e. The van der Waals surface area contributed by atoms with Crippen LogP contribution in [-0.4, -0.2) is 49.1 Å². The van der Waals surface area contributed by atoms with Gasteiger partial charge in [-0.1, -0.05) is 12.1 Å². The Morgan fingerprint density at radius 3 is 2.38 bits per heavy atom. The first-order valence-corrected chi connectivity index (χ1v) is 13.6. The lowest BCUT2D eigenvalue weighted by atomic mass is 9.97. The van der Waals surface area contributed by atoms with E-state index in [0.717, 1.165) is 30.0 Å². The molecule has 2 aromatic carbocycles. The van der Waals surface area contributed by atoms with Crippen molar-refractivity contribution >= 4 is 16.9 Å². The summed E-state index contributed by atoms with van der Waals surface area (Å²) in [5.41, 5.74) is 0.496. The predicted molar refractivity (Wildman–Crippen MR) is 128 cm³/mol. The number of halogens is 4. The number of ether oxygens (including phenoxy) is 1. The zero-order valence-corrected chi connectivity index (χ0v) is 20.9. The van der Waals surface area contributed by atoms with Crippen LogP contribution in [0.3, 0.4) is 0 Å². The fourth-order valence-corrected chi connectivity index (χ4v) is 5.79. The summed E-state index contributed by atoms with van der Waals surface area (Å²) in [6.07, 6.45) is -0.664. The molecule has 3 fully saturated rings. The van der Waals surface area contributed by atoms with E-state index < -0.39 is 34.4 Å². The molecule has 3 aliphatic rings. The van der Waals surface area contributed by atoms with Gasteiger partial charge in [0.15, 0.2) is 0 Å². The van der Waals surface area contributed by atoms with Crippen molar-refractivity contribution in [1.29, 1.82) is 0 Å². The molecule has 2 aromatic rings. The molecule has 0 aromatic heterocycles. The van der Waals surface area contributed by atoms with Gasteiger partial charge in [-0.2, -0.15) is 13.2 Å². The molecule has 1 aliphatic heterocycles. The van der Waals surface area contributed by atoms with Gasteiger partial charge >= 0.3 is 6.18 Å². The Labute approximate surface area is 214 Å². The molecule has 5 rings (SSSR count). The Kier molecular flexibility index (Phi) is 7.30. The SMILES string of the molecule is O=C(c1cc(C2CC2)c(CN2CCC(Oc3ccccc3C(F)(F)F)CC2)cc1F)N(O)S(=O)C1CC1. The standard InChI is InChI=1S/C26H28F4N2O4S/c27-23-13-17(20(16-5-6-16)14-21(23)25(33)32(34)37(35)19-7-8-19)15-31-11-9-18(10-12-31)36-24-4-2-1-3-22(24)26(28,29)30/h1-4,13-14,16,18-19,34H,5-12,15H2. The maximum atomic E-state index is 15.0. The van der Waals surface area contributed by atoms with E-state index in [9.17, 15) is 27.4 Å². The third-order valence-electron chi connectivity index (χ3n) is 7.04. The van der Waals surface area contributed by atoms with E-state index in [4.69, 9.17) is 4.74 Å². The highest BCUT2D eigenvalue weighted by atomic mass is 32.2. The number of piperidine rings is 1. The Hall–Kier alpha value is -2.50. The molecule has 1 atom stereocenters. The van der Waals surface area contributed by atoms with Crippen molar-refractivity contribution in [3.8, 4) is 5.75 Å². The molecule has 1 saturated heterocycles. The molecule has 1 unspecified atom stereocenters. The Bertz CT molecular complexity index is 1190. The van der Waals surface area contributed by atoms with E-state index in [1.807, 2.05) is 0 Å². The second-order valence-corrected chi connectivity index (χ2v) is 11.5. The Morgan fingerprint density at radius 2 is 1.76 bits per heavy atom. The first-order chi connectivity index (χ1) is 17.6. The highest BCUT2D eigenvalue weighted by Gasteiger charge is 2.37. The number of carbonyl (C=O) groups excluding carboxylic acids is 1. The molecule has 1 amide bonds. The van der Waals surface area contributed by atoms with Gasteiger partial charge in [0.1, 0.15) is 28.7 Å². The van der Waals surface area contributed by atoms with Crippen LogP contribution in [0.2, 0.25) is 0 Å². The lowest BCUT2D eigenvalue weighted by molar-refractivity contribution is -0.139. The number of carbonyl (C=O) groups is 1. The van der Waals surface area contributed by atoms with Crippen LogP contribution in [0.5, 0.6) is 5.75 Å².